The van der Waals surface area contributed by atoms with Crippen LogP contribution in [0.1, 0.15) is 41.7 Å². The third kappa shape index (κ3) is 4.60. The molecule has 60 heavy (non-hydrogen) atoms. The summed E-state index contributed by atoms with van der Waals surface area (Å²) in [5, 5.41) is 8.22. The number of fused-ring (bicyclic) bond motifs is 14. The molecule has 280 valence electrons. The van der Waals surface area contributed by atoms with Crippen LogP contribution in [0, 0.1) is 0 Å². The first-order chi connectivity index (χ1) is 29.5. The molecule has 0 saturated carbocycles. The van der Waals surface area contributed by atoms with Crippen molar-refractivity contribution >= 4 is 65.9 Å². The largest absolute Gasteiger partial charge is 0.278 e. The monoisotopic (exact) mass is 763 g/mol. The van der Waals surface area contributed by atoms with E-state index in [1.165, 1.54) is 77.2 Å². The van der Waals surface area contributed by atoms with Gasteiger partial charge in [-0.15, -0.1) is 0 Å². The standard InChI is InChI=1S/C57H37N3/c1-57(2)50-22-12-10-20-42(50)44-28-25-36-32-52-49(33-46(36)53(44)57)43-21-11-13-23-51(43)60(52)56-58-54(45-29-24-35-16-6-7-17-38(35)55(45)59-56)37-26-27-41-47(30-34-14-4-3-5-15-34)39-18-8-9-19-40(39)48(41)31-37/h3-33H,1-2H3. The predicted octanol–water partition coefficient (Wildman–Crippen LogP) is 14.6. The van der Waals surface area contributed by atoms with E-state index in [4.69, 9.17) is 9.97 Å². The predicted molar refractivity (Wildman–Crippen MR) is 251 cm³/mol. The Morgan fingerprint density at radius 3 is 2.03 bits per heavy atom. The Morgan fingerprint density at radius 2 is 1.15 bits per heavy atom. The molecule has 3 heteroatoms. The second-order valence-electron chi connectivity index (χ2n) is 16.9. The van der Waals surface area contributed by atoms with Crippen LogP contribution >= 0.6 is 0 Å². The summed E-state index contributed by atoms with van der Waals surface area (Å²) in [5.41, 5.74) is 17.8. The van der Waals surface area contributed by atoms with E-state index in [0.29, 0.717) is 5.95 Å². The topological polar surface area (TPSA) is 30.7 Å². The molecule has 0 radical (unpaired) electrons. The van der Waals surface area contributed by atoms with Crippen molar-refractivity contribution in [1.29, 1.82) is 0 Å². The van der Waals surface area contributed by atoms with E-state index in [9.17, 15) is 0 Å². The fourth-order valence-electron chi connectivity index (χ4n) is 10.6. The number of nitrogens with zero attached hydrogens (tertiary/aromatic N) is 3. The Morgan fingerprint density at radius 1 is 0.450 bits per heavy atom. The molecule has 0 spiro atoms. The van der Waals surface area contributed by atoms with Gasteiger partial charge in [0.2, 0.25) is 5.95 Å². The number of hydrogen-bond donors (Lipinski definition) is 0. The number of hydrogen-bond acceptors (Lipinski definition) is 2. The lowest BCUT2D eigenvalue weighted by atomic mass is 9.80. The molecule has 3 nitrogen and oxygen atoms in total. The summed E-state index contributed by atoms with van der Waals surface area (Å²) in [5.74, 6) is 0.666. The van der Waals surface area contributed by atoms with Crippen LogP contribution in [0.25, 0.3) is 105 Å². The van der Waals surface area contributed by atoms with Crippen LogP contribution in [0.5, 0.6) is 0 Å². The lowest BCUT2D eigenvalue weighted by Crippen LogP contribution is -2.15. The van der Waals surface area contributed by atoms with Gasteiger partial charge in [-0.25, -0.2) is 9.97 Å². The van der Waals surface area contributed by atoms with Crippen molar-refractivity contribution in [1.82, 2.24) is 14.5 Å². The molecule has 2 heterocycles. The average molecular weight is 764 g/mol. The third-order valence-electron chi connectivity index (χ3n) is 13.3. The first-order valence-corrected chi connectivity index (χ1v) is 20.8. The second-order valence-corrected chi connectivity index (χ2v) is 16.9. The van der Waals surface area contributed by atoms with Crippen LogP contribution in [0.2, 0.25) is 0 Å². The molecule has 0 N–H and O–H groups in total. The fraction of sp³-hybridized carbons (Fsp3) is 0.0526. The highest BCUT2D eigenvalue weighted by molar-refractivity contribution is 6.16. The number of benzene rings is 9. The minimum atomic E-state index is -0.122. The molecule has 0 amide bonds. The highest BCUT2D eigenvalue weighted by atomic mass is 15.2. The molecule has 0 bridgehead atoms. The van der Waals surface area contributed by atoms with Gasteiger partial charge in [0.25, 0.3) is 0 Å². The summed E-state index contributed by atoms with van der Waals surface area (Å²) < 4.78 is 2.30. The van der Waals surface area contributed by atoms with Crippen molar-refractivity contribution in [2.24, 2.45) is 0 Å². The van der Waals surface area contributed by atoms with E-state index in [1.54, 1.807) is 0 Å². The van der Waals surface area contributed by atoms with Crippen molar-refractivity contribution in [2.45, 2.75) is 19.3 Å². The van der Waals surface area contributed by atoms with Crippen LogP contribution in [0.4, 0.5) is 0 Å². The molecular weight excluding hydrogens is 727 g/mol. The quantitative estimate of drug-likeness (QED) is 0.168. The van der Waals surface area contributed by atoms with Gasteiger partial charge >= 0.3 is 0 Å². The van der Waals surface area contributed by atoms with Crippen molar-refractivity contribution < 1.29 is 0 Å². The highest BCUT2D eigenvalue weighted by Gasteiger charge is 2.37. The molecule has 2 aliphatic rings. The van der Waals surface area contributed by atoms with Gasteiger partial charge in [-0.1, -0.05) is 166 Å². The van der Waals surface area contributed by atoms with Gasteiger partial charge < -0.3 is 0 Å². The average Bonchev–Trinajstić information content (AvgIpc) is 3.87. The van der Waals surface area contributed by atoms with E-state index in [0.717, 1.165) is 44.0 Å². The zero-order chi connectivity index (χ0) is 39.7. The number of rotatable bonds is 3. The maximum Gasteiger partial charge on any atom is 0.235 e. The molecular formula is C57H37N3. The Hall–Kier alpha value is -7.62. The van der Waals surface area contributed by atoms with E-state index in [2.05, 4.69) is 206 Å². The summed E-state index contributed by atoms with van der Waals surface area (Å²) in [6.07, 6.45) is 2.31. The van der Waals surface area contributed by atoms with Crippen LogP contribution in [-0.2, 0) is 5.41 Å². The molecule has 0 fully saturated rings. The van der Waals surface area contributed by atoms with E-state index >= 15 is 0 Å². The molecule has 11 aromatic rings. The summed E-state index contributed by atoms with van der Waals surface area (Å²) in [7, 11) is 0. The summed E-state index contributed by atoms with van der Waals surface area (Å²) in [4.78, 5) is 11.1. The van der Waals surface area contributed by atoms with Crippen LogP contribution < -0.4 is 0 Å². The fourth-order valence-corrected chi connectivity index (χ4v) is 10.6. The molecule has 0 unspecified atom stereocenters. The van der Waals surface area contributed by atoms with Crippen molar-refractivity contribution in [2.75, 3.05) is 0 Å². The summed E-state index contributed by atoms with van der Waals surface area (Å²) in [6, 6.07) is 66.4. The van der Waals surface area contributed by atoms with Crippen molar-refractivity contribution in [3.05, 3.63) is 210 Å². The van der Waals surface area contributed by atoms with Crippen LogP contribution in [-0.4, -0.2) is 14.5 Å². The van der Waals surface area contributed by atoms with Crippen LogP contribution in [0.15, 0.2) is 182 Å². The smallest absolute Gasteiger partial charge is 0.235 e. The van der Waals surface area contributed by atoms with E-state index in [1.807, 2.05) is 0 Å². The Kier molecular flexibility index (Phi) is 6.78. The first-order valence-electron chi connectivity index (χ1n) is 20.8. The Bertz CT molecular complexity index is 3680. The second kappa shape index (κ2) is 12.2. The molecule has 0 saturated heterocycles. The van der Waals surface area contributed by atoms with Gasteiger partial charge in [0.15, 0.2) is 0 Å². The Balaban J connectivity index is 1.08. The maximum absolute atomic E-state index is 5.61. The molecule has 2 aliphatic carbocycles. The molecule has 0 aliphatic heterocycles. The van der Waals surface area contributed by atoms with E-state index < -0.39 is 0 Å². The highest BCUT2D eigenvalue weighted by Crippen LogP contribution is 2.52. The first kappa shape index (κ1) is 33.4. The molecule has 2 aromatic heterocycles. The van der Waals surface area contributed by atoms with Crippen LogP contribution in [0.3, 0.4) is 0 Å². The SMILES string of the molecule is CC1(C)c2ccccc2-c2ccc3cc4c(cc3c21)c1ccccc1n4-c1nc(-c2ccc3c(c2)-c2ccccc2C3=Cc2ccccc2)c2ccc3ccccc3c2n1. The van der Waals surface area contributed by atoms with Crippen molar-refractivity contribution in [3.8, 4) is 39.5 Å². The molecule has 0 atom stereocenters. The lowest BCUT2D eigenvalue weighted by molar-refractivity contribution is 0.666. The summed E-state index contributed by atoms with van der Waals surface area (Å²) in [6.45, 7) is 4.74. The van der Waals surface area contributed by atoms with Gasteiger partial charge in [0.1, 0.15) is 0 Å². The number of aromatic nitrogens is 3. The van der Waals surface area contributed by atoms with E-state index in [-0.39, 0.29) is 5.41 Å². The Labute approximate surface area is 347 Å². The normalized spacial score (nSPS) is 14.3. The third-order valence-corrected chi connectivity index (χ3v) is 13.3. The minimum Gasteiger partial charge on any atom is -0.278 e. The van der Waals surface area contributed by atoms with Gasteiger partial charge in [0, 0.05) is 32.5 Å². The van der Waals surface area contributed by atoms with Gasteiger partial charge in [0.05, 0.1) is 22.2 Å². The lowest BCUT2D eigenvalue weighted by Gasteiger charge is -2.23. The summed E-state index contributed by atoms with van der Waals surface area (Å²) >= 11 is 0. The van der Waals surface area contributed by atoms with Gasteiger partial charge in [-0.3, -0.25) is 4.57 Å². The van der Waals surface area contributed by atoms with Gasteiger partial charge in [-0.2, -0.15) is 0 Å². The number of para-hydroxylation sites is 1. The molecule has 9 aromatic carbocycles. The molecule has 13 rings (SSSR count). The van der Waals surface area contributed by atoms with Gasteiger partial charge in [-0.05, 0) is 108 Å². The van der Waals surface area contributed by atoms with Crippen molar-refractivity contribution in [3.63, 3.8) is 0 Å². The maximum atomic E-state index is 5.61. The zero-order valence-corrected chi connectivity index (χ0v) is 33.2. The minimum absolute atomic E-state index is 0.122. The zero-order valence-electron chi connectivity index (χ0n) is 33.2.